The molecule has 1 aromatic rings. The number of aromatic nitrogens is 1. The molecule has 0 bridgehead atoms. The molecular formula is C17H26F3IN4O2. The number of halogens is 4. The molecule has 0 radical (unpaired) electrons. The van der Waals surface area contributed by atoms with E-state index in [0.29, 0.717) is 6.07 Å². The van der Waals surface area contributed by atoms with Gasteiger partial charge in [0.1, 0.15) is 5.69 Å². The molecule has 2 amide bonds. The number of hydrogen-bond donors (Lipinski definition) is 3. The SMILES string of the molecule is CC.CC(C)C(=N)c1nc(C(F)(F)F)ccc1C(=O)NCC(N)=O.CCI. The number of rotatable bonds is 5. The number of carbonyl (C=O) groups is 2. The minimum Gasteiger partial charge on any atom is -0.368 e. The number of hydrogen-bond acceptors (Lipinski definition) is 4. The third kappa shape index (κ3) is 10.3. The van der Waals surface area contributed by atoms with Crippen LogP contribution in [0.4, 0.5) is 13.2 Å². The van der Waals surface area contributed by atoms with Gasteiger partial charge in [-0.15, -0.1) is 0 Å². The zero-order valence-electron chi connectivity index (χ0n) is 16.0. The van der Waals surface area contributed by atoms with Crippen molar-refractivity contribution in [3.8, 4) is 0 Å². The molecule has 154 valence electrons. The van der Waals surface area contributed by atoms with E-state index in [-0.39, 0.29) is 17.0 Å². The molecule has 0 saturated heterocycles. The Morgan fingerprint density at radius 1 is 1.30 bits per heavy atom. The van der Waals surface area contributed by atoms with Crippen molar-refractivity contribution >= 4 is 40.1 Å². The van der Waals surface area contributed by atoms with E-state index in [1.54, 1.807) is 13.8 Å². The van der Waals surface area contributed by atoms with Crippen LogP contribution >= 0.6 is 22.6 Å². The van der Waals surface area contributed by atoms with Crippen LogP contribution in [0.15, 0.2) is 12.1 Å². The van der Waals surface area contributed by atoms with E-state index in [0.717, 1.165) is 6.07 Å². The van der Waals surface area contributed by atoms with Crippen molar-refractivity contribution in [2.24, 2.45) is 11.7 Å². The molecule has 1 rings (SSSR count). The lowest BCUT2D eigenvalue weighted by Crippen LogP contribution is -2.34. The number of alkyl halides is 4. The van der Waals surface area contributed by atoms with E-state index < -0.39 is 36.1 Å². The maximum atomic E-state index is 12.7. The molecule has 0 aliphatic heterocycles. The largest absolute Gasteiger partial charge is 0.433 e. The minimum atomic E-state index is -4.69. The first-order valence-electron chi connectivity index (χ1n) is 8.25. The Hall–Kier alpha value is -1.72. The quantitative estimate of drug-likeness (QED) is 0.324. The highest BCUT2D eigenvalue weighted by molar-refractivity contribution is 14.1. The summed E-state index contributed by atoms with van der Waals surface area (Å²) in [6.07, 6.45) is -4.69. The molecular weight excluding hydrogens is 476 g/mol. The fourth-order valence-corrected chi connectivity index (χ4v) is 1.54. The molecule has 6 nitrogen and oxygen atoms in total. The molecule has 1 heterocycles. The van der Waals surface area contributed by atoms with Crippen molar-refractivity contribution < 1.29 is 22.8 Å². The zero-order valence-corrected chi connectivity index (χ0v) is 18.2. The predicted molar refractivity (Wildman–Crippen MR) is 108 cm³/mol. The van der Waals surface area contributed by atoms with E-state index in [1.807, 2.05) is 13.8 Å². The monoisotopic (exact) mass is 502 g/mol. The van der Waals surface area contributed by atoms with Crippen LogP contribution < -0.4 is 11.1 Å². The number of nitrogens with two attached hydrogens (primary N) is 1. The Morgan fingerprint density at radius 3 is 2.15 bits per heavy atom. The number of carbonyl (C=O) groups excluding carboxylic acids is 2. The van der Waals surface area contributed by atoms with Crippen molar-refractivity contribution in [2.45, 2.75) is 40.8 Å². The molecule has 0 saturated carbocycles. The molecule has 0 spiro atoms. The van der Waals surface area contributed by atoms with Gasteiger partial charge in [-0.05, 0) is 22.5 Å². The van der Waals surface area contributed by atoms with E-state index in [4.69, 9.17) is 11.1 Å². The molecule has 0 aliphatic rings. The third-order valence-corrected chi connectivity index (χ3v) is 2.69. The second kappa shape index (κ2) is 13.4. The summed E-state index contributed by atoms with van der Waals surface area (Å²) in [5.74, 6) is -2.05. The molecule has 27 heavy (non-hydrogen) atoms. The minimum absolute atomic E-state index is 0.213. The van der Waals surface area contributed by atoms with Crippen molar-refractivity contribution in [3.63, 3.8) is 0 Å². The van der Waals surface area contributed by atoms with E-state index in [2.05, 4.69) is 39.8 Å². The van der Waals surface area contributed by atoms with Crippen LogP contribution in [-0.4, -0.2) is 33.5 Å². The van der Waals surface area contributed by atoms with Crippen LogP contribution in [0, 0.1) is 11.3 Å². The summed E-state index contributed by atoms with van der Waals surface area (Å²) in [7, 11) is 0. The topological polar surface area (TPSA) is 109 Å². The molecule has 0 atom stereocenters. The number of pyridine rings is 1. The molecule has 0 unspecified atom stereocenters. The third-order valence-electron chi connectivity index (χ3n) is 2.69. The van der Waals surface area contributed by atoms with E-state index in [1.165, 1.54) is 4.43 Å². The Morgan fingerprint density at radius 2 is 1.78 bits per heavy atom. The number of amides is 2. The Balaban J connectivity index is 0. The van der Waals surface area contributed by atoms with Crippen LogP contribution in [-0.2, 0) is 11.0 Å². The Bertz CT molecular complexity index is 635. The van der Waals surface area contributed by atoms with Gasteiger partial charge in [0.05, 0.1) is 23.5 Å². The Labute approximate surface area is 171 Å². The summed E-state index contributed by atoms with van der Waals surface area (Å²) in [6.45, 7) is 8.83. The van der Waals surface area contributed by atoms with Gasteiger partial charge in [-0.2, -0.15) is 13.2 Å². The van der Waals surface area contributed by atoms with Crippen LogP contribution in [0.25, 0.3) is 0 Å². The smallest absolute Gasteiger partial charge is 0.368 e. The maximum Gasteiger partial charge on any atom is 0.433 e. The first kappa shape index (κ1) is 27.5. The van der Waals surface area contributed by atoms with Crippen molar-refractivity contribution in [1.82, 2.24) is 10.3 Å². The van der Waals surface area contributed by atoms with Gasteiger partial charge in [0, 0.05) is 0 Å². The summed E-state index contributed by atoms with van der Waals surface area (Å²) >= 11 is 2.29. The average molecular weight is 502 g/mol. The van der Waals surface area contributed by atoms with Crippen LogP contribution in [0.2, 0.25) is 0 Å². The van der Waals surface area contributed by atoms with Gasteiger partial charge in [-0.25, -0.2) is 4.98 Å². The summed E-state index contributed by atoms with van der Waals surface area (Å²) in [5, 5.41) is 9.99. The highest BCUT2D eigenvalue weighted by Crippen LogP contribution is 2.28. The lowest BCUT2D eigenvalue weighted by atomic mass is 9.99. The van der Waals surface area contributed by atoms with E-state index >= 15 is 0 Å². The van der Waals surface area contributed by atoms with Gasteiger partial charge < -0.3 is 16.5 Å². The van der Waals surface area contributed by atoms with Gasteiger partial charge >= 0.3 is 6.18 Å². The lowest BCUT2D eigenvalue weighted by molar-refractivity contribution is -0.141. The molecule has 4 N–H and O–H groups in total. The van der Waals surface area contributed by atoms with Crippen LogP contribution in [0.1, 0.15) is 56.4 Å². The maximum absolute atomic E-state index is 12.7. The number of nitrogens with zero attached hydrogens (tertiary/aromatic N) is 1. The summed E-state index contributed by atoms with van der Waals surface area (Å²) in [5.41, 5.74) is 2.89. The normalized spacial score (nSPS) is 10.1. The van der Waals surface area contributed by atoms with E-state index in [9.17, 15) is 22.8 Å². The molecule has 0 fully saturated rings. The van der Waals surface area contributed by atoms with Gasteiger partial charge in [-0.1, -0.05) is 57.2 Å². The first-order chi connectivity index (χ1) is 12.4. The van der Waals surface area contributed by atoms with Gasteiger partial charge in [0.15, 0.2) is 0 Å². The first-order valence-corrected chi connectivity index (χ1v) is 9.77. The summed E-state index contributed by atoms with van der Waals surface area (Å²) < 4.78 is 39.4. The van der Waals surface area contributed by atoms with Crippen molar-refractivity contribution in [3.05, 3.63) is 29.1 Å². The molecule has 0 aliphatic carbocycles. The lowest BCUT2D eigenvalue weighted by Gasteiger charge is -2.14. The van der Waals surface area contributed by atoms with Gasteiger partial charge in [0.2, 0.25) is 5.91 Å². The summed E-state index contributed by atoms with van der Waals surface area (Å²) in [6, 6.07) is 1.58. The highest BCUT2D eigenvalue weighted by atomic mass is 127. The van der Waals surface area contributed by atoms with Crippen molar-refractivity contribution in [2.75, 3.05) is 11.0 Å². The second-order valence-electron chi connectivity index (χ2n) is 5.08. The van der Waals surface area contributed by atoms with Crippen molar-refractivity contribution in [1.29, 1.82) is 5.41 Å². The number of primary amides is 1. The highest BCUT2D eigenvalue weighted by Gasteiger charge is 2.34. The molecule has 1 aromatic heterocycles. The van der Waals surface area contributed by atoms with Crippen LogP contribution in [0.5, 0.6) is 0 Å². The zero-order chi connectivity index (χ0) is 21.8. The summed E-state index contributed by atoms with van der Waals surface area (Å²) in [4.78, 5) is 26.0. The number of nitrogens with one attached hydrogen (secondary N) is 2. The molecule has 10 heteroatoms. The molecule has 0 aromatic carbocycles. The van der Waals surface area contributed by atoms with Gasteiger partial charge in [0.25, 0.3) is 5.91 Å². The fraction of sp³-hybridized carbons (Fsp3) is 0.529. The van der Waals surface area contributed by atoms with Crippen LogP contribution in [0.3, 0.4) is 0 Å². The predicted octanol–water partition coefficient (Wildman–Crippen LogP) is 3.81. The fourth-order valence-electron chi connectivity index (χ4n) is 1.54. The van der Waals surface area contributed by atoms with Gasteiger partial charge in [-0.3, -0.25) is 9.59 Å². The Kier molecular flexibility index (Phi) is 13.7. The standard InChI is InChI=1S/C13H15F3N4O2.C2H5I.C2H6/c1-6(2)10(18)11-7(12(22)19-5-9(17)21)3-4-8(20-11)13(14,15)16;1-2-3;1-2/h3-4,6,18H,5H2,1-2H3,(H2,17,21)(H,19,22);2H2,1H3;1-2H3. The average Bonchev–Trinajstić information content (AvgIpc) is 2.60. The second-order valence-corrected chi connectivity index (χ2v) is 6.60.